The molecule has 0 aliphatic carbocycles. The topological polar surface area (TPSA) is 79.6 Å². The van der Waals surface area contributed by atoms with Crippen molar-refractivity contribution in [2.45, 2.75) is 32.4 Å². The number of ether oxygens (including phenoxy) is 1. The number of guanidine groups is 1. The van der Waals surface area contributed by atoms with Crippen molar-refractivity contribution in [2.75, 3.05) is 47.4 Å². The number of aliphatic imine (C=N–C) groups is 1. The van der Waals surface area contributed by atoms with Gasteiger partial charge >= 0.3 is 0 Å². The lowest BCUT2D eigenvalue weighted by atomic mass is 10.4. The maximum absolute atomic E-state index is 5.07. The molecule has 0 amide bonds. The van der Waals surface area contributed by atoms with E-state index in [2.05, 4.69) is 42.3 Å². The Kier molecular flexibility index (Phi) is 10.2. The molecule has 0 saturated heterocycles. The number of aryl methyl sites for hydroxylation is 1. The Morgan fingerprint density at radius 2 is 2.17 bits per heavy atom. The van der Waals surface area contributed by atoms with E-state index < -0.39 is 0 Å². The normalized spacial score (nSPS) is 13.8. The SMILES string of the molecule is CN=C(NCCN(C)CCCOC)NCc1nnc2n1CCC2.I. The molecule has 2 rings (SSSR count). The van der Waals surface area contributed by atoms with Crippen molar-refractivity contribution in [3.05, 3.63) is 11.6 Å². The van der Waals surface area contributed by atoms with Gasteiger partial charge in [-0.05, 0) is 19.9 Å². The summed E-state index contributed by atoms with van der Waals surface area (Å²) < 4.78 is 7.27. The number of aromatic nitrogens is 3. The summed E-state index contributed by atoms with van der Waals surface area (Å²) in [6.45, 7) is 5.33. The van der Waals surface area contributed by atoms with Gasteiger partial charge in [0.05, 0.1) is 6.54 Å². The minimum Gasteiger partial charge on any atom is -0.385 e. The number of likely N-dealkylation sites (N-methyl/N-ethyl adjacent to an activating group) is 1. The Bertz CT molecular complexity index is 506. The zero-order valence-electron chi connectivity index (χ0n) is 14.9. The molecule has 2 heterocycles. The van der Waals surface area contributed by atoms with Crippen LogP contribution in [0.2, 0.25) is 0 Å². The second-order valence-electron chi connectivity index (χ2n) is 5.79. The summed E-state index contributed by atoms with van der Waals surface area (Å²) in [4.78, 5) is 6.53. The molecule has 1 aliphatic heterocycles. The molecule has 0 bridgehead atoms. The highest BCUT2D eigenvalue weighted by atomic mass is 127. The van der Waals surface area contributed by atoms with Crippen molar-refractivity contribution in [3.63, 3.8) is 0 Å². The summed E-state index contributed by atoms with van der Waals surface area (Å²) >= 11 is 0. The standard InChI is InChI=1S/C15H29N7O.HI/c1-16-15(17-7-10-21(2)8-5-11-23-3)18-12-14-20-19-13-6-4-9-22(13)14;/h4-12H2,1-3H3,(H2,16,17,18);1H. The minimum absolute atomic E-state index is 0. The van der Waals surface area contributed by atoms with Gasteiger partial charge in [0.1, 0.15) is 5.82 Å². The van der Waals surface area contributed by atoms with E-state index in [1.165, 1.54) is 6.42 Å². The van der Waals surface area contributed by atoms with Crippen LogP contribution in [0.1, 0.15) is 24.5 Å². The Labute approximate surface area is 161 Å². The van der Waals surface area contributed by atoms with E-state index in [9.17, 15) is 0 Å². The minimum atomic E-state index is 0. The fourth-order valence-electron chi connectivity index (χ4n) is 2.68. The first kappa shape index (κ1) is 21.1. The van der Waals surface area contributed by atoms with Crippen molar-refractivity contribution in [2.24, 2.45) is 4.99 Å². The van der Waals surface area contributed by atoms with Gasteiger partial charge in [0.25, 0.3) is 0 Å². The highest BCUT2D eigenvalue weighted by Crippen LogP contribution is 2.13. The van der Waals surface area contributed by atoms with Crippen LogP contribution in [0.25, 0.3) is 0 Å². The zero-order valence-corrected chi connectivity index (χ0v) is 17.2. The van der Waals surface area contributed by atoms with Crippen LogP contribution in [-0.2, 0) is 24.2 Å². The zero-order chi connectivity index (χ0) is 16.5. The van der Waals surface area contributed by atoms with Gasteiger partial charge in [0.15, 0.2) is 11.8 Å². The van der Waals surface area contributed by atoms with Crippen molar-refractivity contribution >= 4 is 29.9 Å². The summed E-state index contributed by atoms with van der Waals surface area (Å²) in [5.41, 5.74) is 0. The van der Waals surface area contributed by atoms with Crippen LogP contribution in [0.5, 0.6) is 0 Å². The third-order valence-corrected chi connectivity index (χ3v) is 4.00. The molecule has 9 heteroatoms. The molecular weight excluding hydrogens is 421 g/mol. The van der Waals surface area contributed by atoms with Crippen LogP contribution in [-0.4, -0.2) is 73.1 Å². The smallest absolute Gasteiger partial charge is 0.191 e. The van der Waals surface area contributed by atoms with Crippen LogP contribution in [0.15, 0.2) is 4.99 Å². The monoisotopic (exact) mass is 451 g/mol. The molecule has 8 nitrogen and oxygen atoms in total. The first-order valence-electron chi connectivity index (χ1n) is 8.27. The number of nitrogens with zero attached hydrogens (tertiary/aromatic N) is 5. The lowest BCUT2D eigenvalue weighted by Gasteiger charge is -2.18. The predicted octanol–water partition coefficient (Wildman–Crippen LogP) is 0.476. The molecule has 2 N–H and O–H groups in total. The molecule has 1 aliphatic rings. The summed E-state index contributed by atoms with van der Waals surface area (Å²) in [6, 6.07) is 0. The van der Waals surface area contributed by atoms with E-state index in [0.29, 0.717) is 6.54 Å². The highest BCUT2D eigenvalue weighted by Gasteiger charge is 2.16. The molecule has 1 aromatic rings. The number of fused-ring (bicyclic) bond motifs is 1. The fourth-order valence-corrected chi connectivity index (χ4v) is 2.68. The van der Waals surface area contributed by atoms with Gasteiger partial charge in [0.2, 0.25) is 0 Å². The summed E-state index contributed by atoms with van der Waals surface area (Å²) in [7, 11) is 5.64. The van der Waals surface area contributed by atoms with E-state index in [0.717, 1.165) is 63.2 Å². The number of rotatable bonds is 9. The average molecular weight is 451 g/mol. The third kappa shape index (κ3) is 6.52. The van der Waals surface area contributed by atoms with Crippen molar-refractivity contribution in [1.29, 1.82) is 0 Å². The Morgan fingerprint density at radius 3 is 2.92 bits per heavy atom. The van der Waals surface area contributed by atoms with Crippen LogP contribution in [0, 0.1) is 0 Å². The first-order chi connectivity index (χ1) is 11.2. The van der Waals surface area contributed by atoms with E-state index >= 15 is 0 Å². The summed E-state index contributed by atoms with van der Waals surface area (Å²) in [5, 5.41) is 15.1. The molecule has 0 saturated carbocycles. The average Bonchev–Trinajstić information content (AvgIpc) is 3.15. The quantitative estimate of drug-likeness (QED) is 0.246. The van der Waals surface area contributed by atoms with E-state index in [1.807, 2.05) is 0 Å². The number of hydrogen-bond donors (Lipinski definition) is 2. The lowest BCUT2D eigenvalue weighted by molar-refractivity contribution is 0.180. The van der Waals surface area contributed by atoms with Gasteiger partial charge in [-0.2, -0.15) is 0 Å². The number of halogens is 1. The van der Waals surface area contributed by atoms with Crippen LogP contribution in [0.3, 0.4) is 0 Å². The van der Waals surface area contributed by atoms with E-state index in [-0.39, 0.29) is 24.0 Å². The van der Waals surface area contributed by atoms with Gasteiger partial charge in [0, 0.05) is 53.4 Å². The molecule has 0 unspecified atom stereocenters. The largest absolute Gasteiger partial charge is 0.385 e. The fraction of sp³-hybridized carbons (Fsp3) is 0.800. The highest BCUT2D eigenvalue weighted by molar-refractivity contribution is 14.0. The van der Waals surface area contributed by atoms with Gasteiger partial charge in [-0.3, -0.25) is 4.99 Å². The maximum Gasteiger partial charge on any atom is 0.191 e. The molecule has 0 spiro atoms. The number of methoxy groups -OCH3 is 1. The first-order valence-corrected chi connectivity index (χ1v) is 8.27. The molecule has 0 atom stereocenters. The van der Waals surface area contributed by atoms with E-state index in [4.69, 9.17) is 4.74 Å². The second-order valence-corrected chi connectivity index (χ2v) is 5.79. The Balaban J connectivity index is 0.00000288. The van der Waals surface area contributed by atoms with Gasteiger partial charge in [-0.1, -0.05) is 0 Å². The molecule has 0 aromatic carbocycles. The van der Waals surface area contributed by atoms with Crippen LogP contribution in [0.4, 0.5) is 0 Å². The van der Waals surface area contributed by atoms with Crippen molar-refractivity contribution in [3.8, 4) is 0 Å². The van der Waals surface area contributed by atoms with Crippen LogP contribution < -0.4 is 10.6 Å². The van der Waals surface area contributed by atoms with Crippen molar-refractivity contribution in [1.82, 2.24) is 30.3 Å². The summed E-state index contributed by atoms with van der Waals surface area (Å²) in [6.07, 6.45) is 3.26. The Hall–Kier alpha value is -0.940. The Morgan fingerprint density at radius 1 is 1.33 bits per heavy atom. The molecule has 138 valence electrons. The maximum atomic E-state index is 5.07. The van der Waals surface area contributed by atoms with Gasteiger partial charge in [-0.15, -0.1) is 34.2 Å². The lowest BCUT2D eigenvalue weighted by Crippen LogP contribution is -2.41. The molecule has 0 fully saturated rings. The van der Waals surface area contributed by atoms with Crippen molar-refractivity contribution < 1.29 is 4.74 Å². The molecule has 0 radical (unpaired) electrons. The molecular formula is C15H30IN7O. The summed E-state index contributed by atoms with van der Waals surface area (Å²) in [5.74, 6) is 2.88. The molecule has 24 heavy (non-hydrogen) atoms. The third-order valence-electron chi connectivity index (χ3n) is 4.00. The van der Waals surface area contributed by atoms with Gasteiger partial charge < -0.3 is 24.8 Å². The number of hydrogen-bond acceptors (Lipinski definition) is 5. The second kappa shape index (κ2) is 11.6. The van der Waals surface area contributed by atoms with Gasteiger partial charge in [-0.25, -0.2) is 0 Å². The predicted molar refractivity (Wildman–Crippen MR) is 106 cm³/mol. The number of nitrogens with one attached hydrogen (secondary N) is 2. The van der Waals surface area contributed by atoms with Crippen LogP contribution >= 0.6 is 24.0 Å². The van der Waals surface area contributed by atoms with E-state index in [1.54, 1.807) is 14.2 Å². The molecule has 1 aromatic heterocycles.